The molecular formula is C13H24N4O. The molecule has 0 aliphatic carbocycles. The molecule has 2 unspecified atom stereocenters. The number of hydrogen-bond donors (Lipinski definition) is 1. The highest BCUT2D eigenvalue weighted by Crippen LogP contribution is 2.23. The van der Waals surface area contributed by atoms with Gasteiger partial charge in [0.2, 0.25) is 5.89 Å². The van der Waals surface area contributed by atoms with Crippen molar-refractivity contribution in [2.45, 2.75) is 58.7 Å². The van der Waals surface area contributed by atoms with Gasteiger partial charge in [-0.15, -0.1) is 0 Å². The van der Waals surface area contributed by atoms with E-state index in [4.69, 9.17) is 10.3 Å². The second-order valence-corrected chi connectivity index (χ2v) is 6.18. The maximum Gasteiger partial charge on any atom is 0.240 e. The van der Waals surface area contributed by atoms with Gasteiger partial charge in [-0.2, -0.15) is 4.98 Å². The van der Waals surface area contributed by atoms with Crippen LogP contribution in [-0.2, 0) is 12.1 Å². The van der Waals surface area contributed by atoms with Crippen LogP contribution in [0.1, 0.15) is 52.3 Å². The molecular weight excluding hydrogens is 228 g/mol. The van der Waals surface area contributed by atoms with Crippen LogP contribution in [0.3, 0.4) is 0 Å². The highest BCUT2D eigenvalue weighted by molar-refractivity contribution is 4.99. The molecule has 2 atom stereocenters. The Bertz CT molecular complexity index is 396. The van der Waals surface area contributed by atoms with Crippen molar-refractivity contribution in [1.29, 1.82) is 0 Å². The Labute approximate surface area is 109 Å². The smallest absolute Gasteiger partial charge is 0.240 e. The minimum Gasteiger partial charge on any atom is -0.338 e. The van der Waals surface area contributed by atoms with Crippen molar-refractivity contribution in [3.05, 3.63) is 11.7 Å². The molecule has 1 aromatic heterocycles. The van der Waals surface area contributed by atoms with E-state index in [9.17, 15) is 0 Å². The van der Waals surface area contributed by atoms with E-state index in [1.54, 1.807) is 0 Å². The van der Waals surface area contributed by atoms with Gasteiger partial charge in [-0.3, -0.25) is 4.90 Å². The number of rotatable bonds is 3. The molecule has 1 fully saturated rings. The van der Waals surface area contributed by atoms with Gasteiger partial charge in [0.1, 0.15) is 0 Å². The molecule has 2 heterocycles. The molecule has 0 aromatic carbocycles. The van der Waals surface area contributed by atoms with Crippen LogP contribution >= 0.6 is 0 Å². The van der Waals surface area contributed by atoms with E-state index in [1.807, 2.05) is 13.8 Å². The van der Waals surface area contributed by atoms with Gasteiger partial charge >= 0.3 is 0 Å². The van der Waals surface area contributed by atoms with Crippen LogP contribution in [0.15, 0.2) is 4.52 Å². The number of likely N-dealkylation sites (tertiary alicyclic amines) is 1. The summed E-state index contributed by atoms with van der Waals surface area (Å²) < 4.78 is 5.29. The first kappa shape index (κ1) is 13.5. The maximum atomic E-state index is 5.95. The van der Waals surface area contributed by atoms with Crippen LogP contribution in [-0.4, -0.2) is 27.6 Å². The predicted molar refractivity (Wildman–Crippen MR) is 69.8 cm³/mol. The van der Waals surface area contributed by atoms with Gasteiger partial charge in [0.05, 0.1) is 12.1 Å². The van der Waals surface area contributed by atoms with E-state index in [1.165, 1.54) is 12.8 Å². The van der Waals surface area contributed by atoms with Crippen molar-refractivity contribution in [2.24, 2.45) is 11.7 Å². The third kappa shape index (κ3) is 3.09. The first-order chi connectivity index (χ1) is 8.36. The van der Waals surface area contributed by atoms with Gasteiger partial charge in [0, 0.05) is 6.04 Å². The van der Waals surface area contributed by atoms with Crippen molar-refractivity contribution < 1.29 is 4.52 Å². The summed E-state index contributed by atoms with van der Waals surface area (Å²) in [6.07, 6.45) is 2.48. The maximum absolute atomic E-state index is 5.95. The van der Waals surface area contributed by atoms with E-state index >= 15 is 0 Å². The van der Waals surface area contributed by atoms with Crippen molar-refractivity contribution in [3.63, 3.8) is 0 Å². The standard InChI is InChI=1S/C13H24N4O/c1-9-5-6-17(10(2)7-9)8-11-15-12(16-18-11)13(3,4)14/h9-10H,5-8,14H2,1-4H3. The summed E-state index contributed by atoms with van der Waals surface area (Å²) in [6.45, 7) is 10.2. The van der Waals surface area contributed by atoms with Gasteiger partial charge in [-0.1, -0.05) is 12.1 Å². The Balaban J connectivity index is 1.99. The van der Waals surface area contributed by atoms with E-state index in [-0.39, 0.29) is 0 Å². The average molecular weight is 252 g/mol. The number of nitrogens with two attached hydrogens (primary N) is 1. The molecule has 18 heavy (non-hydrogen) atoms. The Morgan fingerprint density at radius 2 is 2.17 bits per heavy atom. The number of piperidine rings is 1. The first-order valence-electron chi connectivity index (χ1n) is 6.72. The van der Waals surface area contributed by atoms with Crippen molar-refractivity contribution >= 4 is 0 Å². The van der Waals surface area contributed by atoms with Crippen LogP contribution in [0, 0.1) is 5.92 Å². The van der Waals surface area contributed by atoms with E-state index in [0.29, 0.717) is 17.8 Å². The molecule has 102 valence electrons. The summed E-state index contributed by atoms with van der Waals surface area (Å²) in [6, 6.07) is 0.579. The van der Waals surface area contributed by atoms with Crippen LogP contribution < -0.4 is 5.73 Å². The SMILES string of the molecule is CC1CCN(Cc2nc(C(C)(C)N)no2)C(C)C1. The molecule has 2 N–H and O–H groups in total. The zero-order valence-corrected chi connectivity index (χ0v) is 11.8. The molecule has 0 amide bonds. The summed E-state index contributed by atoms with van der Waals surface area (Å²) in [7, 11) is 0. The highest BCUT2D eigenvalue weighted by Gasteiger charge is 2.26. The summed E-state index contributed by atoms with van der Waals surface area (Å²) in [5, 5.41) is 3.96. The van der Waals surface area contributed by atoms with Gasteiger partial charge in [0.15, 0.2) is 5.82 Å². The normalized spacial score (nSPS) is 26.5. The van der Waals surface area contributed by atoms with Crippen molar-refractivity contribution in [1.82, 2.24) is 15.0 Å². The molecule has 1 aromatic rings. The lowest BCUT2D eigenvalue weighted by atomic mass is 9.93. The first-order valence-corrected chi connectivity index (χ1v) is 6.72. The molecule has 2 rings (SSSR count). The van der Waals surface area contributed by atoms with Gasteiger partial charge in [-0.25, -0.2) is 0 Å². The third-order valence-corrected chi connectivity index (χ3v) is 3.66. The zero-order chi connectivity index (χ0) is 13.3. The van der Waals surface area contributed by atoms with Crippen molar-refractivity contribution in [2.75, 3.05) is 6.54 Å². The van der Waals surface area contributed by atoms with Crippen LogP contribution in [0.5, 0.6) is 0 Å². The number of hydrogen-bond acceptors (Lipinski definition) is 5. The lowest BCUT2D eigenvalue weighted by Gasteiger charge is -2.35. The fourth-order valence-electron chi connectivity index (χ4n) is 2.45. The second-order valence-electron chi connectivity index (χ2n) is 6.18. The van der Waals surface area contributed by atoms with E-state index in [2.05, 4.69) is 28.9 Å². The highest BCUT2D eigenvalue weighted by atomic mass is 16.5. The molecule has 1 aliphatic heterocycles. The van der Waals surface area contributed by atoms with Gasteiger partial charge < -0.3 is 10.3 Å². The van der Waals surface area contributed by atoms with Crippen LogP contribution in [0.4, 0.5) is 0 Å². The van der Waals surface area contributed by atoms with Crippen molar-refractivity contribution in [3.8, 4) is 0 Å². The summed E-state index contributed by atoms with van der Waals surface area (Å²) in [5.74, 6) is 2.07. The lowest BCUT2D eigenvalue weighted by molar-refractivity contribution is 0.108. The monoisotopic (exact) mass is 252 g/mol. The van der Waals surface area contributed by atoms with E-state index < -0.39 is 5.54 Å². The molecule has 1 aliphatic rings. The Hall–Kier alpha value is -0.940. The Morgan fingerprint density at radius 3 is 2.72 bits per heavy atom. The molecule has 5 nitrogen and oxygen atoms in total. The predicted octanol–water partition coefficient (Wildman–Crippen LogP) is 1.88. The fraction of sp³-hybridized carbons (Fsp3) is 0.846. The zero-order valence-electron chi connectivity index (χ0n) is 11.8. The minimum absolute atomic E-state index is 0.538. The third-order valence-electron chi connectivity index (χ3n) is 3.66. The largest absolute Gasteiger partial charge is 0.338 e. The van der Waals surface area contributed by atoms with Crippen LogP contribution in [0.25, 0.3) is 0 Å². The summed E-state index contributed by atoms with van der Waals surface area (Å²) in [5.41, 5.74) is 5.41. The fourth-order valence-corrected chi connectivity index (χ4v) is 2.45. The van der Waals surface area contributed by atoms with Gasteiger partial charge in [0.25, 0.3) is 0 Å². The van der Waals surface area contributed by atoms with Gasteiger partial charge in [-0.05, 0) is 46.1 Å². The molecule has 0 radical (unpaired) electrons. The average Bonchev–Trinajstić information content (AvgIpc) is 2.70. The second kappa shape index (κ2) is 4.97. The molecule has 0 spiro atoms. The molecule has 0 saturated carbocycles. The quantitative estimate of drug-likeness (QED) is 0.889. The topological polar surface area (TPSA) is 68.2 Å². The van der Waals surface area contributed by atoms with E-state index in [0.717, 1.165) is 19.0 Å². The summed E-state index contributed by atoms with van der Waals surface area (Å²) in [4.78, 5) is 6.79. The number of nitrogens with zero attached hydrogens (tertiary/aromatic N) is 3. The lowest BCUT2D eigenvalue weighted by Crippen LogP contribution is -2.39. The Kier molecular flexibility index (Phi) is 3.73. The summed E-state index contributed by atoms with van der Waals surface area (Å²) >= 11 is 0. The van der Waals surface area contributed by atoms with Crippen LogP contribution in [0.2, 0.25) is 0 Å². The number of aromatic nitrogens is 2. The molecule has 5 heteroatoms. The Morgan fingerprint density at radius 1 is 1.44 bits per heavy atom. The molecule has 1 saturated heterocycles. The minimum atomic E-state index is -0.538. The molecule has 0 bridgehead atoms.